The molecule has 0 amide bonds. The smallest absolute Gasteiger partial charge is 0.232 e. The number of thiazole rings is 1. The lowest BCUT2D eigenvalue weighted by Crippen LogP contribution is -2.17. The van der Waals surface area contributed by atoms with Crippen molar-refractivity contribution >= 4 is 60.6 Å². The second-order valence-corrected chi connectivity index (χ2v) is 11.3. The summed E-state index contributed by atoms with van der Waals surface area (Å²) in [6, 6.07) is 21.8. The maximum Gasteiger partial charge on any atom is 0.232 e. The number of halogens is 1. The van der Waals surface area contributed by atoms with E-state index in [2.05, 4.69) is 9.71 Å². The topological polar surface area (TPSA) is 68.3 Å². The Morgan fingerprint density at radius 3 is 2.35 bits per heavy atom. The highest BCUT2D eigenvalue weighted by molar-refractivity contribution is 8.01. The first-order valence-corrected chi connectivity index (χ1v) is 13.3. The number of nitrogens with one attached hydrogen (secondary N) is 1. The summed E-state index contributed by atoms with van der Waals surface area (Å²) in [5.41, 5.74) is 1.48. The summed E-state index contributed by atoms with van der Waals surface area (Å²) in [6.45, 7) is 0. The maximum atomic E-state index is 12.4. The van der Waals surface area contributed by atoms with Gasteiger partial charge in [-0.25, -0.2) is 13.4 Å². The summed E-state index contributed by atoms with van der Waals surface area (Å²) >= 11 is 9.08. The summed E-state index contributed by atoms with van der Waals surface area (Å²) in [6.07, 6.45) is 0.535. The highest BCUT2D eigenvalue weighted by Crippen LogP contribution is 2.30. The number of fused-ring (bicyclic) bond motifs is 1. The zero-order valence-corrected chi connectivity index (χ0v) is 19.5. The van der Waals surface area contributed by atoms with Crippen LogP contribution in [0.1, 0.15) is 6.42 Å². The van der Waals surface area contributed by atoms with Crippen molar-refractivity contribution in [2.75, 3.05) is 16.2 Å². The van der Waals surface area contributed by atoms with E-state index in [1.165, 1.54) is 0 Å². The molecule has 4 aromatic rings. The number of aromatic nitrogens is 1. The third kappa shape index (κ3) is 6.36. The van der Waals surface area contributed by atoms with Crippen LogP contribution in [-0.2, 0) is 10.0 Å². The van der Waals surface area contributed by atoms with Gasteiger partial charge in [0.1, 0.15) is 11.5 Å². The molecule has 1 aromatic heterocycles. The molecular weight excluding hydrogens is 472 g/mol. The van der Waals surface area contributed by atoms with Crippen molar-refractivity contribution < 1.29 is 13.2 Å². The third-order valence-corrected chi connectivity index (χ3v) is 8.12. The zero-order valence-electron chi connectivity index (χ0n) is 16.3. The van der Waals surface area contributed by atoms with Gasteiger partial charge in [0.25, 0.3) is 0 Å². The highest BCUT2D eigenvalue weighted by atomic mass is 35.5. The van der Waals surface area contributed by atoms with Gasteiger partial charge in [0, 0.05) is 16.5 Å². The Bertz CT molecular complexity index is 1220. The minimum atomic E-state index is -3.43. The number of para-hydroxylation sites is 1. The first-order chi connectivity index (χ1) is 15.0. The average molecular weight is 491 g/mol. The van der Waals surface area contributed by atoms with E-state index in [1.807, 2.05) is 24.3 Å². The molecule has 0 aliphatic heterocycles. The summed E-state index contributed by atoms with van der Waals surface area (Å²) < 4.78 is 35.2. The molecule has 160 valence electrons. The van der Waals surface area contributed by atoms with Crippen molar-refractivity contribution in [3.05, 3.63) is 77.8 Å². The van der Waals surface area contributed by atoms with Gasteiger partial charge in [-0.3, -0.25) is 4.72 Å². The molecule has 31 heavy (non-hydrogen) atoms. The number of thioether (sulfide) groups is 1. The molecule has 0 unspecified atom stereocenters. The van der Waals surface area contributed by atoms with E-state index in [0.717, 1.165) is 14.6 Å². The Kier molecular flexibility index (Phi) is 7.02. The Balaban J connectivity index is 1.25. The number of benzene rings is 3. The number of nitrogens with zero attached hydrogens (tertiary/aromatic N) is 1. The Morgan fingerprint density at radius 1 is 0.968 bits per heavy atom. The summed E-state index contributed by atoms with van der Waals surface area (Å²) in [5, 5.41) is 0.635. The van der Waals surface area contributed by atoms with Crippen molar-refractivity contribution in [1.29, 1.82) is 0 Å². The van der Waals surface area contributed by atoms with Crippen molar-refractivity contribution in [3.8, 4) is 11.5 Å². The van der Waals surface area contributed by atoms with Gasteiger partial charge in [0.05, 0.1) is 16.0 Å². The molecule has 0 atom stereocenters. The van der Waals surface area contributed by atoms with Crippen molar-refractivity contribution in [2.24, 2.45) is 0 Å². The number of sulfonamides is 1. The van der Waals surface area contributed by atoms with Crippen LogP contribution in [0.25, 0.3) is 10.2 Å². The van der Waals surface area contributed by atoms with E-state index >= 15 is 0 Å². The molecule has 0 radical (unpaired) electrons. The first kappa shape index (κ1) is 22.0. The molecule has 0 spiro atoms. The lowest BCUT2D eigenvalue weighted by Gasteiger charge is -2.09. The van der Waals surface area contributed by atoms with Crippen molar-refractivity contribution in [1.82, 2.24) is 4.98 Å². The Labute approximate surface area is 194 Å². The fourth-order valence-electron chi connectivity index (χ4n) is 2.78. The molecule has 1 heterocycles. The van der Waals surface area contributed by atoms with Crippen LogP contribution in [0.5, 0.6) is 11.5 Å². The molecule has 0 saturated heterocycles. The molecule has 0 aliphatic carbocycles. The van der Waals surface area contributed by atoms with E-state index < -0.39 is 10.0 Å². The molecule has 4 rings (SSSR count). The largest absolute Gasteiger partial charge is 0.457 e. The normalized spacial score (nSPS) is 11.5. The maximum absolute atomic E-state index is 12.4. The number of ether oxygens (including phenoxy) is 1. The zero-order chi connectivity index (χ0) is 21.7. The molecule has 0 saturated carbocycles. The van der Waals surface area contributed by atoms with Crippen LogP contribution in [-0.4, -0.2) is 24.9 Å². The summed E-state index contributed by atoms with van der Waals surface area (Å²) in [7, 11) is -3.43. The molecule has 3 aromatic carbocycles. The molecule has 1 N–H and O–H groups in total. The van der Waals surface area contributed by atoms with Gasteiger partial charge >= 0.3 is 0 Å². The second-order valence-electron chi connectivity index (χ2n) is 6.65. The van der Waals surface area contributed by atoms with E-state index in [-0.39, 0.29) is 5.75 Å². The first-order valence-electron chi connectivity index (χ1n) is 9.49. The molecule has 0 bridgehead atoms. The third-order valence-electron chi connectivity index (χ3n) is 4.23. The summed E-state index contributed by atoms with van der Waals surface area (Å²) in [5.74, 6) is 2.00. The monoisotopic (exact) mass is 490 g/mol. The van der Waals surface area contributed by atoms with Gasteiger partial charge in [-0.1, -0.05) is 35.5 Å². The van der Waals surface area contributed by atoms with Gasteiger partial charge in [-0.05, 0) is 67.1 Å². The van der Waals surface area contributed by atoms with Gasteiger partial charge in [-0.15, -0.1) is 11.3 Å². The SMILES string of the molecule is O=S(=O)(CCCSc1nc2ccccc2s1)Nc1ccc(Oc2ccc(Cl)cc2)cc1. The quantitative estimate of drug-likeness (QED) is 0.210. The van der Waals surface area contributed by atoms with Crippen molar-refractivity contribution in [3.63, 3.8) is 0 Å². The van der Waals surface area contributed by atoms with Crippen LogP contribution in [0.2, 0.25) is 5.02 Å². The molecule has 0 aliphatic rings. The van der Waals surface area contributed by atoms with E-state index in [0.29, 0.717) is 34.4 Å². The standard InChI is InChI=1S/C22H19ClN2O3S3/c23-16-6-10-18(11-7-16)28-19-12-8-17(9-13-19)25-31(26,27)15-3-14-29-22-24-20-4-1-2-5-21(20)30-22/h1-2,4-13,25H,3,14-15H2. The van der Waals surface area contributed by atoms with Gasteiger partial charge in [-0.2, -0.15) is 0 Å². The van der Waals surface area contributed by atoms with Crippen LogP contribution in [0, 0.1) is 0 Å². The minimum absolute atomic E-state index is 0.0495. The molecule has 9 heteroatoms. The van der Waals surface area contributed by atoms with Gasteiger partial charge in [0.2, 0.25) is 10.0 Å². The van der Waals surface area contributed by atoms with Gasteiger partial charge < -0.3 is 4.74 Å². The van der Waals surface area contributed by atoms with E-state index in [1.54, 1.807) is 71.6 Å². The predicted molar refractivity (Wildman–Crippen MR) is 130 cm³/mol. The summed E-state index contributed by atoms with van der Waals surface area (Å²) in [4.78, 5) is 4.55. The number of anilines is 1. The van der Waals surface area contributed by atoms with E-state index in [9.17, 15) is 8.42 Å². The van der Waals surface area contributed by atoms with E-state index in [4.69, 9.17) is 16.3 Å². The van der Waals surface area contributed by atoms with Crippen LogP contribution in [0.15, 0.2) is 77.1 Å². The Morgan fingerprint density at radius 2 is 1.65 bits per heavy atom. The minimum Gasteiger partial charge on any atom is -0.457 e. The highest BCUT2D eigenvalue weighted by Gasteiger charge is 2.11. The number of hydrogen-bond donors (Lipinski definition) is 1. The molecule has 5 nitrogen and oxygen atoms in total. The van der Waals surface area contributed by atoms with Crippen molar-refractivity contribution in [2.45, 2.75) is 10.8 Å². The predicted octanol–water partition coefficient (Wildman–Crippen LogP) is 6.67. The van der Waals surface area contributed by atoms with Crippen LogP contribution >= 0.6 is 34.7 Å². The average Bonchev–Trinajstić information content (AvgIpc) is 3.17. The van der Waals surface area contributed by atoms with Crippen LogP contribution < -0.4 is 9.46 Å². The second kappa shape index (κ2) is 9.91. The van der Waals surface area contributed by atoms with Crippen LogP contribution in [0.4, 0.5) is 5.69 Å². The number of hydrogen-bond acceptors (Lipinski definition) is 6. The fraction of sp³-hybridized carbons (Fsp3) is 0.136. The Hall–Kier alpha value is -2.26. The lowest BCUT2D eigenvalue weighted by molar-refractivity contribution is 0.483. The molecule has 0 fully saturated rings. The number of rotatable bonds is 9. The van der Waals surface area contributed by atoms with Crippen LogP contribution in [0.3, 0.4) is 0 Å². The lowest BCUT2D eigenvalue weighted by atomic mass is 10.3. The molecular formula is C22H19ClN2O3S3. The van der Waals surface area contributed by atoms with Gasteiger partial charge in [0.15, 0.2) is 4.34 Å². The fourth-order valence-corrected chi connectivity index (χ4v) is 6.29.